The molecule has 2 rings (SSSR count). The van der Waals surface area contributed by atoms with Crippen LogP contribution in [-0.4, -0.2) is 23.5 Å². The average Bonchev–Trinajstić information content (AvgIpc) is 2.99. The van der Waals surface area contributed by atoms with E-state index in [0.717, 1.165) is 12.6 Å². The lowest BCUT2D eigenvalue weighted by Gasteiger charge is -2.25. The maximum atomic E-state index is 5.81. The molecule has 0 spiro atoms. The Morgan fingerprint density at radius 2 is 2.36 bits per heavy atom. The van der Waals surface area contributed by atoms with E-state index in [1.54, 1.807) is 0 Å². The summed E-state index contributed by atoms with van der Waals surface area (Å²) in [5.41, 5.74) is 2.53. The summed E-state index contributed by atoms with van der Waals surface area (Å²) in [6.45, 7) is 3.04. The van der Waals surface area contributed by atoms with Crippen molar-refractivity contribution in [2.45, 2.75) is 25.8 Å². The van der Waals surface area contributed by atoms with Gasteiger partial charge in [-0.15, -0.1) is 11.6 Å². The normalized spacial score (nSPS) is 15.6. The quantitative estimate of drug-likeness (QED) is 0.711. The van der Waals surface area contributed by atoms with Gasteiger partial charge in [-0.1, -0.05) is 0 Å². The maximum absolute atomic E-state index is 5.81. The number of rotatable bonds is 4. The summed E-state index contributed by atoms with van der Waals surface area (Å²) in [5, 5.41) is 0. The Bertz CT molecular complexity index is 310. The van der Waals surface area contributed by atoms with Crippen molar-refractivity contribution in [1.82, 2.24) is 4.98 Å². The minimum Gasteiger partial charge on any atom is -0.367 e. The Morgan fingerprint density at radius 1 is 1.57 bits per heavy atom. The zero-order valence-corrected chi connectivity index (χ0v) is 9.17. The molecular formula is C11H15ClN2. The molecule has 1 aromatic rings. The van der Waals surface area contributed by atoms with E-state index in [-0.39, 0.29) is 0 Å². The summed E-state index contributed by atoms with van der Waals surface area (Å²) in [5.74, 6) is 0.693. The van der Waals surface area contributed by atoms with Crippen molar-refractivity contribution in [3.8, 4) is 0 Å². The fraction of sp³-hybridized carbons (Fsp3) is 0.545. The van der Waals surface area contributed by atoms with E-state index in [1.165, 1.54) is 24.1 Å². The number of aryl methyl sites for hydroxylation is 1. The third kappa shape index (κ3) is 2.01. The summed E-state index contributed by atoms with van der Waals surface area (Å²) >= 11 is 5.81. The predicted molar refractivity (Wildman–Crippen MR) is 60.1 cm³/mol. The van der Waals surface area contributed by atoms with Crippen LogP contribution in [0.2, 0.25) is 0 Å². The van der Waals surface area contributed by atoms with E-state index in [4.69, 9.17) is 11.6 Å². The zero-order valence-electron chi connectivity index (χ0n) is 8.41. The van der Waals surface area contributed by atoms with Crippen molar-refractivity contribution in [2.75, 3.05) is 17.3 Å². The van der Waals surface area contributed by atoms with Gasteiger partial charge in [0.1, 0.15) is 0 Å². The van der Waals surface area contributed by atoms with Crippen molar-refractivity contribution in [3.05, 3.63) is 24.0 Å². The molecule has 14 heavy (non-hydrogen) atoms. The first-order valence-electron chi connectivity index (χ1n) is 5.06. The number of halogens is 1. The van der Waals surface area contributed by atoms with Gasteiger partial charge in [0.25, 0.3) is 0 Å². The van der Waals surface area contributed by atoms with Crippen LogP contribution in [0.15, 0.2) is 18.5 Å². The Morgan fingerprint density at radius 3 is 2.93 bits per heavy atom. The van der Waals surface area contributed by atoms with Gasteiger partial charge in [-0.3, -0.25) is 4.98 Å². The molecule has 0 unspecified atom stereocenters. The third-order valence-corrected chi connectivity index (χ3v) is 2.78. The Kier molecular flexibility index (Phi) is 2.92. The van der Waals surface area contributed by atoms with Crippen LogP contribution < -0.4 is 4.90 Å². The molecule has 0 N–H and O–H groups in total. The van der Waals surface area contributed by atoms with Crippen LogP contribution in [0.1, 0.15) is 18.4 Å². The first kappa shape index (κ1) is 9.78. The fourth-order valence-corrected chi connectivity index (χ4v) is 1.95. The molecule has 76 valence electrons. The lowest BCUT2D eigenvalue weighted by Crippen LogP contribution is -2.28. The summed E-state index contributed by atoms with van der Waals surface area (Å²) in [4.78, 5) is 6.51. The minimum atomic E-state index is 0.693. The monoisotopic (exact) mass is 210 g/mol. The summed E-state index contributed by atoms with van der Waals surface area (Å²) in [6, 6.07) is 2.80. The average molecular weight is 211 g/mol. The number of hydrogen-bond donors (Lipinski definition) is 0. The van der Waals surface area contributed by atoms with Crippen LogP contribution in [0.3, 0.4) is 0 Å². The maximum Gasteiger partial charge on any atom is 0.0429 e. The van der Waals surface area contributed by atoms with Gasteiger partial charge in [0.2, 0.25) is 0 Å². The summed E-state index contributed by atoms with van der Waals surface area (Å²) in [6.07, 6.45) is 6.38. The summed E-state index contributed by atoms with van der Waals surface area (Å²) < 4.78 is 0. The second-order valence-electron chi connectivity index (χ2n) is 3.78. The number of anilines is 1. The first-order valence-corrected chi connectivity index (χ1v) is 5.59. The van der Waals surface area contributed by atoms with E-state index >= 15 is 0 Å². The Hall–Kier alpha value is -0.760. The van der Waals surface area contributed by atoms with Gasteiger partial charge in [-0.25, -0.2) is 0 Å². The number of aromatic nitrogens is 1. The van der Waals surface area contributed by atoms with Crippen molar-refractivity contribution < 1.29 is 0 Å². The fourth-order valence-electron chi connectivity index (χ4n) is 1.77. The molecule has 1 aliphatic rings. The Labute approximate surface area is 89.9 Å². The van der Waals surface area contributed by atoms with Gasteiger partial charge < -0.3 is 4.90 Å². The van der Waals surface area contributed by atoms with Crippen LogP contribution in [0.25, 0.3) is 0 Å². The molecule has 0 aliphatic heterocycles. The molecule has 0 bridgehead atoms. The van der Waals surface area contributed by atoms with Crippen LogP contribution in [0, 0.1) is 6.92 Å². The van der Waals surface area contributed by atoms with E-state index in [2.05, 4.69) is 22.9 Å². The van der Waals surface area contributed by atoms with E-state index in [0.29, 0.717) is 5.88 Å². The van der Waals surface area contributed by atoms with Crippen molar-refractivity contribution in [1.29, 1.82) is 0 Å². The van der Waals surface area contributed by atoms with Gasteiger partial charge in [0.05, 0.1) is 0 Å². The van der Waals surface area contributed by atoms with E-state index in [9.17, 15) is 0 Å². The largest absolute Gasteiger partial charge is 0.367 e. The van der Waals surface area contributed by atoms with E-state index < -0.39 is 0 Å². The summed E-state index contributed by atoms with van der Waals surface area (Å²) in [7, 11) is 0. The number of pyridine rings is 1. The molecule has 0 saturated heterocycles. The lowest BCUT2D eigenvalue weighted by molar-refractivity contribution is 0.824. The molecule has 0 amide bonds. The van der Waals surface area contributed by atoms with Gasteiger partial charge in [0, 0.05) is 36.5 Å². The molecule has 2 nitrogen and oxygen atoms in total. The standard InChI is InChI=1S/C11H15ClN2/c1-9-8-13-6-4-11(9)14(7-5-12)10-2-3-10/h4,6,8,10H,2-3,5,7H2,1H3. The van der Waals surface area contributed by atoms with Gasteiger partial charge in [0.15, 0.2) is 0 Å². The van der Waals surface area contributed by atoms with Gasteiger partial charge in [-0.2, -0.15) is 0 Å². The highest BCUT2D eigenvalue weighted by Gasteiger charge is 2.29. The predicted octanol–water partition coefficient (Wildman–Crippen LogP) is 2.60. The SMILES string of the molecule is Cc1cnccc1N(CCCl)C1CC1. The molecule has 1 fully saturated rings. The molecule has 1 saturated carbocycles. The highest BCUT2D eigenvalue weighted by atomic mass is 35.5. The molecule has 1 aliphatic carbocycles. The topological polar surface area (TPSA) is 16.1 Å². The van der Waals surface area contributed by atoms with Crippen LogP contribution >= 0.6 is 11.6 Å². The molecule has 0 aromatic carbocycles. The molecule has 0 radical (unpaired) electrons. The number of alkyl halides is 1. The number of nitrogens with zero attached hydrogens (tertiary/aromatic N) is 2. The highest BCUT2D eigenvalue weighted by molar-refractivity contribution is 6.18. The first-order chi connectivity index (χ1) is 6.83. The van der Waals surface area contributed by atoms with E-state index in [1.807, 2.05) is 12.4 Å². The Balaban J connectivity index is 2.21. The number of hydrogen-bond acceptors (Lipinski definition) is 2. The van der Waals surface area contributed by atoms with Crippen LogP contribution in [0.4, 0.5) is 5.69 Å². The molecule has 0 atom stereocenters. The lowest BCUT2D eigenvalue weighted by atomic mass is 10.2. The van der Waals surface area contributed by atoms with Crippen molar-refractivity contribution in [2.24, 2.45) is 0 Å². The van der Waals surface area contributed by atoms with Gasteiger partial charge >= 0.3 is 0 Å². The molecule has 3 heteroatoms. The van der Waals surface area contributed by atoms with Crippen molar-refractivity contribution >= 4 is 17.3 Å². The van der Waals surface area contributed by atoms with Crippen LogP contribution in [0.5, 0.6) is 0 Å². The zero-order chi connectivity index (χ0) is 9.97. The second-order valence-corrected chi connectivity index (χ2v) is 4.15. The minimum absolute atomic E-state index is 0.693. The smallest absolute Gasteiger partial charge is 0.0429 e. The highest BCUT2D eigenvalue weighted by Crippen LogP contribution is 2.32. The molecular weight excluding hydrogens is 196 g/mol. The second kappa shape index (κ2) is 4.18. The van der Waals surface area contributed by atoms with Crippen LogP contribution in [-0.2, 0) is 0 Å². The van der Waals surface area contributed by atoms with Gasteiger partial charge in [-0.05, 0) is 31.4 Å². The molecule has 1 aromatic heterocycles. The third-order valence-electron chi connectivity index (χ3n) is 2.61. The molecule has 1 heterocycles. The van der Waals surface area contributed by atoms with Crippen molar-refractivity contribution in [3.63, 3.8) is 0 Å².